The van der Waals surface area contributed by atoms with Crippen molar-refractivity contribution >= 4 is 0 Å². The van der Waals surface area contributed by atoms with Crippen molar-refractivity contribution in [2.75, 3.05) is 6.61 Å². The van der Waals surface area contributed by atoms with E-state index in [1.54, 1.807) is 0 Å². The van der Waals surface area contributed by atoms with Gasteiger partial charge in [0.25, 0.3) is 0 Å². The molecule has 1 saturated heterocycles. The van der Waals surface area contributed by atoms with Gasteiger partial charge >= 0.3 is 0 Å². The molecule has 1 rings (SSSR count). The van der Waals surface area contributed by atoms with Gasteiger partial charge in [-0.1, -0.05) is 39.5 Å². The first-order valence-corrected chi connectivity index (χ1v) is 6.40. The molecule has 1 nitrogen and oxygen atoms in total. The molecule has 0 aromatic heterocycles. The van der Waals surface area contributed by atoms with Crippen LogP contribution in [-0.4, -0.2) is 6.61 Å². The molecule has 1 unspecified atom stereocenters. The number of halogens is 1. The molecule has 1 atom stereocenters. The van der Waals surface area contributed by atoms with Crippen LogP contribution >= 0.6 is 0 Å². The van der Waals surface area contributed by atoms with E-state index in [0.717, 1.165) is 12.2 Å². The Morgan fingerprint density at radius 1 is 1.50 bits per heavy atom. The molecule has 0 N–H and O–H groups in total. The lowest BCUT2D eigenvalue weighted by molar-refractivity contribution is 0.108. The van der Waals surface area contributed by atoms with Crippen LogP contribution in [0.5, 0.6) is 0 Å². The maximum atomic E-state index is 12.7. The first-order valence-electron chi connectivity index (χ1n) is 6.40. The number of rotatable bonds is 3. The molecule has 2 heteroatoms. The summed E-state index contributed by atoms with van der Waals surface area (Å²) < 4.78 is 18.5. The summed E-state index contributed by atoms with van der Waals surface area (Å²) in [5, 5.41) is 0. The number of allylic oxidation sites excluding steroid dienone is 5. The van der Waals surface area contributed by atoms with Crippen LogP contribution in [0.15, 0.2) is 48.0 Å². The minimum atomic E-state index is -0.415. The highest BCUT2D eigenvalue weighted by molar-refractivity contribution is 5.31. The van der Waals surface area contributed by atoms with Gasteiger partial charge in [-0.25, -0.2) is 4.39 Å². The Morgan fingerprint density at radius 3 is 2.67 bits per heavy atom. The van der Waals surface area contributed by atoms with E-state index in [4.69, 9.17) is 4.74 Å². The summed E-state index contributed by atoms with van der Waals surface area (Å²) in [6.07, 6.45) is 8.35. The Bertz CT molecular complexity index is 401. The zero-order valence-electron chi connectivity index (χ0n) is 11.8. The molecule has 1 aliphatic rings. The molecular weight excluding hydrogens is 227 g/mol. The molecule has 0 aliphatic carbocycles. The molecule has 0 amide bonds. The highest BCUT2D eigenvalue weighted by Gasteiger charge is 2.30. The summed E-state index contributed by atoms with van der Waals surface area (Å²) in [6.45, 7) is 12.2. The van der Waals surface area contributed by atoms with Crippen LogP contribution in [0.1, 0.15) is 34.1 Å². The largest absolute Gasteiger partial charge is 0.493 e. The lowest BCUT2D eigenvalue weighted by Gasteiger charge is -2.34. The van der Waals surface area contributed by atoms with Gasteiger partial charge in [-0.3, -0.25) is 0 Å². The zero-order chi connectivity index (χ0) is 13.8. The van der Waals surface area contributed by atoms with Crippen LogP contribution in [-0.2, 0) is 4.74 Å². The van der Waals surface area contributed by atoms with Crippen molar-refractivity contribution in [1.29, 1.82) is 0 Å². The molecule has 0 saturated carbocycles. The minimum Gasteiger partial charge on any atom is -0.493 e. The van der Waals surface area contributed by atoms with E-state index in [1.165, 1.54) is 11.6 Å². The third-order valence-corrected chi connectivity index (χ3v) is 2.97. The van der Waals surface area contributed by atoms with E-state index in [-0.39, 0.29) is 5.41 Å². The molecular formula is C16H23FO. The second-order valence-corrected chi connectivity index (χ2v) is 5.49. The summed E-state index contributed by atoms with van der Waals surface area (Å²) in [7, 11) is 0. The summed E-state index contributed by atoms with van der Waals surface area (Å²) in [5.74, 6) is 1.01. The molecule has 0 aromatic carbocycles. The van der Waals surface area contributed by atoms with Crippen LogP contribution in [0, 0.1) is 11.3 Å². The van der Waals surface area contributed by atoms with Gasteiger partial charge in [-0.2, -0.15) is 0 Å². The topological polar surface area (TPSA) is 9.23 Å². The molecule has 0 bridgehead atoms. The molecule has 0 aromatic rings. The first kappa shape index (κ1) is 14.7. The van der Waals surface area contributed by atoms with Gasteiger partial charge in [-0.15, -0.1) is 0 Å². The molecule has 1 aliphatic heterocycles. The van der Waals surface area contributed by atoms with Crippen LogP contribution in [0.25, 0.3) is 0 Å². The van der Waals surface area contributed by atoms with E-state index in [9.17, 15) is 4.39 Å². The average Bonchev–Trinajstić information content (AvgIpc) is 2.29. The Kier molecular flexibility index (Phi) is 4.94. The molecule has 100 valence electrons. The Balaban J connectivity index is 2.87. The highest BCUT2D eigenvalue weighted by Crippen LogP contribution is 2.38. The number of ether oxygens (including phenoxy) is 1. The van der Waals surface area contributed by atoms with Crippen molar-refractivity contribution in [1.82, 2.24) is 0 Å². The van der Waals surface area contributed by atoms with Gasteiger partial charge < -0.3 is 4.74 Å². The van der Waals surface area contributed by atoms with Gasteiger partial charge in [0.15, 0.2) is 0 Å². The van der Waals surface area contributed by atoms with Gasteiger partial charge in [0.05, 0.1) is 6.61 Å². The maximum Gasteiger partial charge on any atom is 0.118 e. The average molecular weight is 250 g/mol. The number of hydrogen-bond acceptors (Lipinski definition) is 1. The quantitative estimate of drug-likeness (QED) is 0.645. The first-order chi connectivity index (χ1) is 8.36. The minimum absolute atomic E-state index is 0.162. The van der Waals surface area contributed by atoms with Crippen LogP contribution in [0.4, 0.5) is 4.39 Å². The number of hydrogen-bond donors (Lipinski definition) is 0. The van der Waals surface area contributed by atoms with Crippen molar-refractivity contribution in [3.63, 3.8) is 0 Å². The van der Waals surface area contributed by atoms with Crippen LogP contribution in [0.2, 0.25) is 0 Å². The standard InChI is InChI=1S/C16H23FO/c1-6-14-10-16(5,8-7-13(4)17)11-18-15(14)9-12(2)3/h6-9,12H,4,10-11H2,1-3,5H3/b8-7-,14-6-,15-9+. The van der Waals surface area contributed by atoms with Crippen molar-refractivity contribution in [2.24, 2.45) is 11.3 Å². The Hall–Kier alpha value is -1.31. The van der Waals surface area contributed by atoms with Crippen molar-refractivity contribution in [3.05, 3.63) is 48.0 Å². The molecule has 1 fully saturated rings. The van der Waals surface area contributed by atoms with E-state index < -0.39 is 5.83 Å². The van der Waals surface area contributed by atoms with E-state index >= 15 is 0 Å². The van der Waals surface area contributed by atoms with Gasteiger partial charge in [0.2, 0.25) is 0 Å². The Morgan fingerprint density at radius 2 is 2.17 bits per heavy atom. The third-order valence-electron chi connectivity index (χ3n) is 2.97. The van der Waals surface area contributed by atoms with Gasteiger partial charge in [0.1, 0.15) is 11.6 Å². The van der Waals surface area contributed by atoms with E-state index in [0.29, 0.717) is 12.5 Å². The normalized spacial score (nSPS) is 29.2. The fourth-order valence-electron chi connectivity index (χ4n) is 2.01. The van der Waals surface area contributed by atoms with Crippen LogP contribution in [0.3, 0.4) is 0 Å². The second kappa shape index (κ2) is 6.03. The molecule has 18 heavy (non-hydrogen) atoms. The summed E-state index contributed by atoms with van der Waals surface area (Å²) in [5.41, 5.74) is 1.03. The summed E-state index contributed by atoms with van der Waals surface area (Å²) in [4.78, 5) is 0. The van der Waals surface area contributed by atoms with Crippen molar-refractivity contribution in [3.8, 4) is 0 Å². The van der Waals surface area contributed by atoms with Gasteiger partial charge in [0, 0.05) is 5.41 Å². The highest BCUT2D eigenvalue weighted by atomic mass is 19.1. The van der Waals surface area contributed by atoms with Crippen molar-refractivity contribution < 1.29 is 9.13 Å². The van der Waals surface area contributed by atoms with E-state index in [2.05, 4.69) is 39.5 Å². The fraction of sp³-hybridized carbons (Fsp3) is 0.500. The third kappa shape index (κ3) is 4.17. The smallest absolute Gasteiger partial charge is 0.118 e. The lowest BCUT2D eigenvalue weighted by atomic mass is 9.80. The molecule has 0 radical (unpaired) electrons. The fourth-order valence-corrected chi connectivity index (χ4v) is 2.01. The predicted molar refractivity (Wildman–Crippen MR) is 74.7 cm³/mol. The molecule has 0 spiro atoms. The van der Waals surface area contributed by atoms with E-state index in [1.807, 2.05) is 13.0 Å². The lowest BCUT2D eigenvalue weighted by Crippen LogP contribution is -2.27. The zero-order valence-corrected chi connectivity index (χ0v) is 11.8. The summed E-state index contributed by atoms with van der Waals surface area (Å²) >= 11 is 0. The van der Waals surface area contributed by atoms with Gasteiger partial charge in [-0.05, 0) is 37.0 Å². The SMILES string of the molecule is C=C(F)/C=C\C1(C)COC(=C/C(C)C)/C(=C\C)C1. The monoisotopic (exact) mass is 250 g/mol. The summed E-state index contributed by atoms with van der Waals surface area (Å²) in [6, 6.07) is 0. The molecule has 1 heterocycles. The predicted octanol–water partition coefficient (Wildman–Crippen LogP) is 4.94. The van der Waals surface area contributed by atoms with Crippen LogP contribution < -0.4 is 0 Å². The Labute approximate surface area is 110 Å². The maximum absolute atomic E-state index is 12.7. The van der Waals surface area contributed by atoms with Crippen molar-refractivity contribution in [2.45, 2.75) is 34.1 Å². The second-order valence-electron chi connectivity index (χ2n) is 5.49.